The Morgan fingerprint density at radius 1 is 0.952 bits per heavy atom. The fraction of sp³-hybridized carbons (Fsp3) is 0.733. The Kier molecular flexibility index (Phi) is 4.56. The molecule has 1 aromatic heterocycles. The Labute approximate surface area is 127 Å². The summed E-state index contributed by atoms with van der Waals surface area (Å²) < 4.78 is 0. The average Bonchev–Trinajstić information content (AvgIpc) is 2.28. The molecule has 0 fully saturated rings. The third-order valence-electron chi connectivity index (χ3n) is 3.91. The highest BCUT2D eigenvalue weighted by atomic mass is 16.3. The molecule has 0 saturated carbocycles. The molecule has 0 saturated heterocycles. The quantitative estimate of drug-likeness (QED) is 0.503. The van der Waals surface area contributed by atoms with E-state index in [-0.39, 0.29) is 5.41 Å². The molecule has 120 valence electrons. The zero-order valence-corrected chi connectivity index (χ0v) is 14.4. The van der Waals surface area contributed by atoms with Gasteiger partial charge >= 0.3 is 0 Å². The molecule has 0 bridgehead atoms. The van der Waals surface area contributed by atoms with Crippen LogP contribution in [0.2, 0.25) is 0 Å². The van der Waals surface area contributed by atoms with E-state index in [0.717, 1.165) is 5.56 Å². The van der Waals surface area contributed by atoms with Gasteiger partial charge in [-0.2, -0.15) is 0 Å². The molecule has 6 heteroatoms. The first-order valence-corrected chi connectivity index (χ1v) is 7.16. The Morgan fingerprint density at radius 3 is 1.81 bits per heavy atom. The van der Waals surface area contributed by atoms with E-state index in [1.54, 1.807) is 13.8 Å². The number of aromatic nitrogens is 2. The maximum Gasteiger partial charge on any atom is 0.148 e. The Bertz CT molecular complexity index is 512. The number of aliphatic hydroxyl groups is 1. The van der Waals surface area contributed by atoms with Crippen LogP contribution in [0.15, 0.2) is 0 Å². The summed E-state index contributed by atoms with van der Waals surface area (Å²) in [6, 6.07) is 0. The molecule has 5 N–H and O–H groups in total. The van der Waals surface area contributed by atoms with Crippen LogP contribution in [0, 0.1) is 6.92 Å². The molecular weight excluding hydrogens is 266 g/mol. The lowest BCUT2D eigenvalue weighted by molar-refractivity contribution is 0.0238. The molecule has 0 aliphatic carbocycles. The number of hydrazine groups is 1. The minimum Gasteiger partial charge on any atom is -0.388 e. The van der Waals surface area contributed by atoms with E-state index in [4.69, 9.17) is 5.84 Å². The highest BCUT2D eigenvalue weighted by molar-refractivity contribution is 5.58. The van der Waals surface area contributed by atoms with Crippen LogP contribution < -0.4 is 16.6 Å². The van der Waals surface area contributed by atoms with E-state index in [9.17, 15) is 5.11 Å². The molecule has 1 aromatic rings. The number of hydrogen-bond donors (Lipinski definition) is 4. The first kappa shape index (κ1) is 17.7. The lowest BCUT2D eigenvalue weighted by Crippen LogP contribution is -2.51. The highest BCUT2D eigenvalue weighted by Gasteiger charge is 2.36. The Balaban J connectivity index is 3.36. The van der Waals surface area contributed by atoms with Crippen LogP contribution in [-0.2, 0) is 5.41 Å². The second kappa shape index (κ2) is 5.42. The molecular formula is C15H29N5O. The van der Waals surface area contributed by atoms with Crippen molar-refractivity contribution in [3.8, 4) is 0 Å². The fourth-order valence-electron chi connectivity index (χ4n) is 1.56. The summed E-state index contributed by atoms with van der Waals surface area (Å²) in [4.78, 5) is 9.09. The predicted octanol–water partition coefficient (Wildman–Crippen LogP) is 2.33. The number of nitrogens with one attached hydrogen (secondary N) is 2. The lowest BCUT2D eigenvalue weighted by atomic mass is 9.86. The molecule has 0 aromatic carbocycles. The number of nitrogens with two attached hydrogens (primary N) is 1. The Morgan fingerprint density at radius 2 is 1.43 bits per heavy atom. The van der Waals surface area contributed by atoms with Crippen molar-refractivity contribution in [2.24, 2.45) is 5.84 Å². The standard InChI is InChI=1S/C15H29N5O/c1-9-10(19-14(5,6)15(7,8)21)17-12(13(2,3)4)18-11(9)20-16/h21H,16H2,1-8H3,(H2,17,18,19,20). The van der Waals surface area contributed by atoms with Crippen molar-refractivity contribution >= 4 is 11.6 Å². The summed E-state index contributed by atoms with van der Waals surface area (Å²) in [7, 11) is 0. The van der Waals surface area contributed by atoms with E-state index in [0.29, 0.717) is 17.5 Å². The molecule has 1 heterocycles. The molecule has 6 nitrogen and oxygen atoms in total. The van der Waals surface area contributed by atoms with Crippen LogP contribution in [0.25, 0.3) is 0 Å². The first-order chi connectivity index (χ1) is 9.29. The molecule has 0 radical (unpaired) electrons. The van der Waals surface area contributed by atoms with Crippen LogP contribution in [0.1, 0.15) is 59.9 Å². The van der Waals surface area contributed by atoms with Gasteiger partial charge in [-0.25, -0.2) is 15.8 Å². The third-order valence-corrected chi connectivity index (χ3v) is 3.91. The normalized spacial score (nSPS) is 13.2. The van der Waals surface area contributed by atoms with Gasteiger partial charge in [-0.15, -0.1) is 0 Å². The summed E-state index contributed by atoms with van der Waals surface area (Å²) in [6.07, 6.45) is 0. The van der Waals surface area contributed by atoms with E-state index in [1.807, 2.05) is 41.5 Å². The van der Waals surface area contributed by atoms with Gasteiger partial charge in [-0.05, 0) is 34.6 Å². The third kappa shape index (κ3) is 3.83. The van der Waals surface area contributed by atoms with Crippen molar-refractivity contribution < 1.29 is 5.11 Å². The van der Waals surface area contributed by atoms with Crippen molar-refractivity contribution in [2.75, 3.05) is 10.7 Å². The first-order valence-electron chi connectivity index (χ1n) is 7.16. The van der Waals surface area contributed by atoms with Crippen LogP contribution in [0.4, 0.5) is 11.6 Å². The van der Waals surface area contributed by atoms with Gasteiger partial charge in [0, 0.05) is 11.0 Å². The van der Waals surface area contributed by atoms with Crippen molar-refractivity contribution in [3.05, 3.63) is 11.4 Å². The smallest absolute Gasteiger partial charge is 0.148 e. The summed E-state index contributed by atoms with van der Waals surface area (Å²) in [6.45, 7) is 15.4. The summed E-state index contributed by atoms with van der Waals surface area (Å²) in [5, 5.41) is 13.6. The molecule has 21 heavy (non-hydrogen) atoms. The maximum atomic E-state index is 10.3. The maximum absolute atomic E-state index is 10.3. The van der Waals surface area contributed by atoms with Crippen LogP contribution in [0.5, 0.6) is 0 Å². The lowest BCUT2D eigenvalue weighted by Gasteiger charge is -2.39. The van der Waals surface area contributed by atoms with Gasteiger partial charge in [-0.3, -0.25) is 0 Å². The zero-order chi connectivity index (χ0) is 16.6. The van der Waals surface area contributed by atoms with Gasteiger partial charge in [0.2, 0.25) is 0 Å². The zero-order valence-electron chi connectivity index (χ0n) is 14.4. The summed E-state index contributed by atoms with van der Waals surface area (Å²) in [5.74, 6) is 7.52. The summed E-state index contributed by atoms with van der Waals surface area (Å²) >= 11 is 0. The SMILES string of the molecule is Cc1c(NN)nc(C(C)(C)C)nc1NC(C)(C)C(C)(C)O. The van der Waals surface area contributed by atoms with E-state index in [2.05, 4.69) is 20.7 Å². The molecule has 0 spiro atoms. The minimum absolute atomic E-state index is 0.200. The van der Waals surface area contributed by atoms with Gasteiger partial charge in [0.25, 0.3) is 0 Å². The van der Waals surface area contributed by atoms with E-state index in [1.165, 1.54) is 0 Å². The van der Waals surface area contributed by atoms with Gasteiger partial charge in [0.1, 0.15) is 17.5 Å². The largest absolute Gasteiger partial charge is 0.388 e. The summed E-state index contributed by atoms with van der Waals surface area (Å²) in [5.41, 5.74) is 1.76. The fourth-order valence-corrected chi connectivity index (χ4v) is 1.56. The monoisotopic (exact) mass is 295 g/mol. The number of nitrogens with zero attached hydrogens (tertiary/aromatic N) is 2. The van der Waals surface area contributed by atoms with Crippen LogP contribution in [0.3, 0.4) is 0 Å². The predicted molar refractivity (Wildman–Crippen MR) is 87.3 cm³/mol. The van der Waals surface area contributed by atoms with E-state index < -0.39 is 11.1 Å². The molecule has 0 aliphatic heterocycles. The van der Waals surface area contributed by atoms with Crippen molar-refractivity contribution in [1.82, 2.24) is 9.97 Å². The van der Waals surface area contributed by atoms with Crippen LogP contribution >= 0.6 is 0 Å². The topological polar surface area (TPSA) is 96.1 Å². The molecule has 0 aliphatic rings. The van der Waals surface area contributed by atoms with Gasteiger partial charge in [0.15, 0.2) is 0 Å². The minimum atomic E-state index is -0.914. The second-order valence-corrected chi connectivity index (χ2v) is 7.57. The van der Waals surface area contributed by atoms with Crippen LogP contribution in [-0.4, -0.2) is 26.2 Å². The second-order valence-electron chi connectivity index (χ2n) is 7.57. The van der Waals surface area contributed by atoms with Gasteiger partial charge < -0.3 is 15.8 Å². The van der Waals surface area contributed by atoms with Gasteiger partial charge in [0.05, 0.1) is 11.1 Å². The van der Waals surface area contributed by atoms with Crippen molar-refractivity contribution in [2.45, 2.75) is 71.9 Å². The molecule has 0 unspecified atom stereocenters. The van der Waals surface area contributed by atoms with Crippen molar-refractivity contribution in [3.63, 3.8) is 0 Å². The number of rotatable bonds is 4. The molecule has 0 atom stereocenters. The number of anilines is 2. The Hall–Kier alpha value is -1.40. The highest BCUT2D eigenvalue weighted by Crippen LogP contribution is 2.30. The average molecular weight is 295 g/mol. The van der Waals surface area contributed by atoms with Crippen molar-refractivity contribution in [1.29, 1.82) is 0 Å². The molecule has 0 amide bonds. The van der Waals surface area contributed by atoms with Gasteiger partial charge in [-0.1, -0.05) is 20.8 Å². The number of hydrogen-bond acceptors (Lipinski definition) is 6. The number of nitrogen functional groups attached to an aromatic ring is 1. The van der Waals surface area contributed by atoms with E-state index >= 15 is 0 Å². The molecule has 1 rings (SSSR count).